The van der Waals surface area contributed by atoms with Gasteiger partial charge in [0.25, 0.3) is 5.56 Å². The van der Waals surface area contributed by atoms with Gasteiger partial charge in [0, 0.05) is 18.5 Å². The van der Waals surface area contributed by atoms with Crippen LogP contribution in [0.25, 0.3) is 0 Å². The van der Waals surface area contributed by atoms with Gasteiger partial charge in [-0.1, -0.05) is 6.42 Å². The first-order valence-electron chi connectivity index (χ1n) is 6.61. The van der Waals surface area contributed by atoms with E-state index in [1.54, 1.807) is 0 Å². The van der Waals surface area contributed by atoms with Crippen molar-refractivity contribution in [2.24, 2.45) is 0 Å². The van der Waals surface area contributed by atoms with Gasteiger partial charge in [0.2, 0.25) is 0 Å². The lowest BCUT2D eigenvalue weighted by Gasteiger charge is -2.10. The summed E-state index contributed by atoms with van der Waals surface area (Å²) < 4.78 is 34.6. The molecule has 0 saturated carbocycles. The van der Waals surface area contributed by atoms with E-state index in [1.165, 1.54) is 12.8 Å². The van der Waals surface area contributed by atoms with Crippen LogP contribution < -0.4 is 19.5 Å². The minimum atomic E-state index is -4.69. The van der Waals surface area contributed by atoms with E-state index < -0.39 is 10.2 Å². The Bertz CT molecular complexity index is 532. The summed E-state index contributed by atoms with van der Waals surface area (Å²) in [5.41, 5.74) is 2.35. The number of aromatic nitrogens is 2. The average Bonchev–Trinajstić information content (AvgIpc) is 2.65. The number of fused-ring (bicyclic) bond motifs is 2. The van der Waals surface area contributed by atoms with Crippen molar-refractivity contribution in [2.75, 3.05) is 0 Å². The first-order valence-corrected chi connectivity index (χ1v) is 7.87. The monoisotopic (exact) mass is 304 g/mol. The zero-order valence-electron chi connectivity index (χ0n) is 11.0. The molecule has 1 aromatic rings. The van der Waals surface area contributed by atoms with Gasteiger partial charge in [0.1, 0.15) is 5.82 Å². The third-order valence-corrected chi connectivity index (χ3v) is 3.55. The molecule has 0 amide bonds. The fourth-order valence-electron chi connectivity index (χ4n) is 2.73. The highest BCUT2D eigenvalue weighted by Gasteiger charge is 2.21. The van der Waals surface area contributed by atoms with Crippen LogP contribution in [0.15, 0.2) is 4.79 Å². The number of aryl methyl sites for hydroxylation is 2. The standard InChI is InChI=1S/C12H16N2O.ClHO4/c15-12-9-5-4-6-10(9)13-11-7-2-1-3-8-14(11)12;2-1(3,4)5/h1-8H2;(H,2,3,4,5). The molecule has 1 aliphatic heterocycles. The minimum absolute atomic E-state index is 0.259. The van der Waals surface area contributed by atoms with Crippen molar-refractivity contribution >= 4 is 0 Å². The number of nitrogens with zero attached hydrogens (tertiary/aromatic N) is 2. The normalized spacial score (nSPS) is 17.6. The van der Waals surface area contributed by atoms with Crippen molar-refractivity contribution in [1.82, 2.24) is 9.55 Å². The van der Waals surface area contributed by atoms with Crippen molar-refractivity contribution in [2.45, 2.75) is 51.5 Å². The molecule has 2 aliphatic rings. The van der Waals surface area contributed by atoms with Crippen molar-refractivity contribution in [3.05, 3.63) is 27.4 Å². The van der Waals surface area contributed by atoms with Crippen molar-refractivity contribution < 1.29 is 28.9 Å². The molecule has 1 aromatic heterocycles. The maximum Gasteiger partial charge on any atom is 0.256 e. The SMILES string of the molecule is O=c1c2c(nc3n1CCCCC3)CCC2.[O-][Cl+3]([O-])([O-])O. The van der Waals surface area contributed by atoms with Gasteiger partial charge in [-0.2, -0.15) is 14.0 Å². The molecule has 0 atom stereocenters. The van der Waals surface area contributed by atoms with Gasteiger partial charge in [-0.25, -0.2) is 4.98 Å². The Balaban J connectivity index is 0.000000257. The Hall–Kier alpha value is -0.990. The van der Waals surface area contributed by atoms with Crippen LogP contribution in [-0.2, 0) is 25.8 Å². The van der Waals surface area contributed by atoms with Crippen LogP contribution in [0.4, 0.5) is 0 Å². The molecule has 0 unspecified atom stereocenters. The van der Waals surface area contributed by atoms with E-state index in [0.717, 1.165) is 55.7 Å². The van der Waals surface area contributed by atoms with E-state index >= 15 is 0 Å². The fourth-order valence-corrected chi connectivity index (χ4v) is 2.73. The van der Waals surface area contributed by atoms with Gasteiger partial charge in [0.05, 0.1) is 20.6 Å². The van der Waals surface area contributed by atoms with E-state index in [2.05, 4.69) is 4.98 Å². The molecule has 3 rings (SSSR count). The van der Waals surface area contributed by atoms with Crippen LogP contribution in [0.2, 0.25) is 0 Å². The number of hydrogen-bond acceptors (Lipinski definition) is 6. The number of halogens is 1. The molecule has 0 saturated heterocycles. The highest BCUT2D eigenvalue weighted by molar-refractivity contribution is 5.24. The van der Waals surface area contributed by atoms with Crippen molar-refractivity contribution in [1.29, 1.82) is 0 Å². The summed E-state index contributed by atoms with van der Waals surface area (Å²) in [5.74, 6) is 1.04. The van der Waals surface area contributed by atoms with E-state index in [4.69, 9.17) is 18.6 Å². The molecular formula is C12H17ClN2O5. The van der Waals surface area contributed by atoms with Crippen molar-refractivity contribution in [3.63, 3.8) is 0 Å². The lowest BCUT2D eigenvalue weighted by molar-refractivity contribution is -1.92. The Morgan fingerprint density at radius 1 is 1.05 bits per heavy atom. The first-order chi connectivity index (χ1) is 9.36. The van der Waals surface area contributed by atoms with E-state index in [-0.39, 0.29) is 5.56 Å². The van der Waals surface area contributed by atoms with Gasteiger partial charge in [0.15, 0.2) is 0 Å². The maximum atomic E-state index is 12.2. The Labute approximate surface area is 118 Å². The molecule has 1 N–H and O–H groups in total. The quantitative estimate of drug-likeness (QED) is 0.557. The van der Waals surface area contributed by atoms with Crippen LogP contribution in [-0.4, -0.2) is 14.2 Å². The predicted octanol–water partition coefficient (Wildman–Crippen LogP) is -2.67. The smallest absolute Gasteiger partial charge is 0.256 e. The van der Waals surface area contributed by atoms with Gasteiger partial charge < -0.3 is 0 Å². The van der Waals surface area contributed by atoms with Crippen molar-refractivity contribution in [3.8, 4) is 0 Å². The molecule has 0 aromatic carbocycles. The summed E-state index contributed by atoms with van der Waals surface area (Å²) in [6.45, 7) is 0.883. The molecule has 0 fully saturated rings. The highest BCUT2D eigenvalue weighted by atomic mass is 35.7. The Kier molecular flexibility index (Phi) is 4.77. The van der Waals surface area contributed by atoms with Crippen LogP contribution in [0.1, 0.15) is 42.8 Å². The second-order valence-corrected chi connectivity index (χ2v) is 5.76. The molecule has 2 heterocycles. The largest absolute Gasteiger partial charge is 0.296 e. The zero-order valence-corrected chi connectivity index (χ0v) is 11.8. The summed E-state index contributed by atoms with van der Waals surface area (Å²) in [4.78, 5) is 16.9. The maximum absolute atomic E-state index is 12.2. The second kappa shape index (κ2) is 6.19. The molecular weight excluding hydrogens is 288 g/mol. The zero-order chi connectivity index (χ0) is 14.8. The Morgan fingerprint density at radius 2 is 1.75 bits per heavy atom. The molecule has 8 heteroatoms. The van der Waals surface area contributed by atoms with Crippen LogP contribution in [0, 0.1) is 10.2 Å². The predicted molar refractivity (Wildman–Crippen MR) is 60.3 cm³/mol. The molecule has 7 nitrogen and oxygen atoms in total. The molecule has 1 aliphatic carbocycles. The summed E-state index contributed by atoms with van der Waals surface area (Å²) in [6, 6.07) is 0. The van der Waals surface area contributed by atoms with Crippen LogP contribution in [0.3, 0.4) is 0 Å². The summed E-state index contributed by atoms with van der Waals surface area (Å²) in [6.07, 6.45) is 7.61. The van der Waals surface area contributed by atoms with E-state index in [1.807, 2.05) is 4.57 Å². The van der Waals surface area contributed by atoms with Crippen LogP contribution in [0.5, 0.6) is 0 Å². The molecule has 0 radical (unpaired) electrons. The molecule has 0 bridgehead atoms. The fraction of sp³-hybridized carbons (Fsp3) is 0.667. The van der Waals surface area contributed by atoms with Gasteiger partial charge in [-0.05, 0) is 32.1 Å². The molecule has 0 spiro atoms. The van der Waals surface area contributed by atoms with Gasteiger partial charge in [-0.3, -0.25) is 9.36 Å². The molecule has 112 valence electrons. The highest BCUT2D eigenvalue weighted by Crippen LogP contribution is 2.19. The third-order valence-electron chi connectivity index (χ3n) is 3.55. The van der Waals surface area contributed by atoms with Gasteiger partial charge in [-0.15, -0.1) is 0 Å². The number of hydrogen-bond donors (Lipinski definition) is 1. The van der Waals surface area contributed by atoms with Gasteiger partial charge >= 0.3 is 0 Å². The lowest BCUT2D eigenvalue weighted by Crippen LogP contribution is -2.58. The van der Waals surface area contributed by atoms with Crippen LogP contribution >= 0.6 is 0 Å². The first kappa shape index (κ1) is 15.4. The third kappa shape index (κ3) is 4.00. The molecule has 20 heavy (non-hydrogen) atoms. The summed E-state index contributed by atoms with van der Waals surface area (Å²) in [5, 5.41) is 0. The minimum Gasteiger partial charge on any atom is -0.296 e. The second-order valence-electron chi connectivity index (χ2n) is 4.97. The summed E-state index contributed by atoms with van der Waals surface area (Å²) in [7, 11) is -4.69. The van der Waals surface area contributed by atoms with E-state index in [0.29, 0.717) is 0 Å². The topological polar surface area (TPSA) is 124 Å². The summed E-state index contributed by atoms with van der Waals surface area (Å²) >= 11 is 0. The number of rotatable bonds is 0. The Morgan fingerprint density at radius 3 is 2.45 bits per heavy atom. The lowest BCUT2D eigenvalue weighted by atomic mass is 10.2. The van der Waals surface area contributed by atoms with E-state index in [9.17, 15) is 4.79 Å². The average molecular weight is 305 g/mol.